The lowest BCUT2D eigenvalue weighted by Gasteiger charge is -2.03. The van der Waals surface area contributed by atoms with Gasteiger partial charge in [0, 0.05) is 18.4 Å². The quantitative estimate of drug-likeness (QED) is 0.334. The summed E-state index contributed by atoms with van der Waals surface area (Å²) in [6, 6.07) is 6.90. The summed E-state index contributed by atoms with van der Waals surface area (Å²) in [4.78, 5) is 22.6. The van der Waals surface area contributed by atoms with Gasteiger partial charge in [0.05, 0.1) is 7.11 Å². The number of methoxy groups -OCH3 is 1. The fraction of sp³-hybridized carbons (Fsp3) is 0.333. The van der Waals surface area contributed by atoms with Crippen molar-refractivity contribution in [2.45, 2.75) is 19.3 Å². The summed E-state index contributed by atoms with van der Waals surface area (Å²) >= 11 is 0. The molecule has 0 saturated heterocycles. The molecule has 1 aromatic rings. The normalized spacial score (nSPS) is 9.76. The minimum atomic E-state index is -0.257. The number of ketones is 1. The summed E-state index contributed by atoms with van der Waals surface area (Å²) in [6.45, 7) is 0. The van der Waals surface area contributed by atoms with Crippen LogP contribution in [0.3, 0.4) is 0 Å². The molecule has 92 valence electrons. The molecular weight excluding hydrogens is 220 g/mol. The molecule has 1 amide bonds. The van der Waals surface area contributed by atoms with Crippen molar-refractivity contribution < 1.29 is 14.3 Å². The van der Waals surface area contributed by atoms with Crippen molar-refractivity contribution in [2.24, 2.45) is 5.84 Å². The summed E-state index contributed by atoms with van der Waals surface area (Å²) < 4.78 is 5.00. The standard InChI is InChI=1S/C12H16N2O3/c1-17-10-7-5-9(6-8-10)11(15)3-2-4-12(16)14-13/h5-8H,2-4,13H2,1H3,(H,14,16). The number of nitrogens with one attached hydrogen (secondary N) is 1. The molecular formula is C12H16N2O3. The van der Waals surface area contributed by atoms with E-state index in [2.05, 4.69) is 0 Å². The highest BCUT2D eigenvalue weighted by atomic mass is 16.5. The van der Waals surface area contributed by atoms with Gasteiger partial charge in [-0.2, -0.15) is 0 Å². The number of nitrogens with two attached hydrogens (primary N) is 1. The number of hydrogen-bond donors (Lipinski definition) is 2. The monoisotopic (exact) mass is 236 g/mol. The van der Waals surface area contributed by atoms with Crippen LogP contribution in [0.15, 0.2) is 24.3 Å². The van der Waals surface area contributed by atoms with Gasteiger partial charge in [-0.25, -0.2) is 5.84 Å². The van der Waals surface area contributed by atoms with Gasteiger partial charge in [0.2, 0.25) is 5.91 Å². The van der Waals surface area contributed by atoms with E-state index < -0.39 is 0 Å². The first-order chi connectivity index (χ1) is 8.17. The molecule has 0 heterocycles. The van der Waals surface area contributed by atoms with Gasteiger partial charge in [-0.1, -0.05) is 0 Å². The fourth-order valence-electron chi connectivity index (χ4n) is 1.40. The summed E-state index contributed by atoms with van der Waals surface area (Å²) in [5.74, 6) is 5.40. The van der Waals surface area contributed by atoms with Crippen molar-refractivity contribution in [2.75, 3.05) is 7.11 Å². The molecule has 0 aliphatic heterocycles. The maximum Gasteiger partial charge on any atom is 0.233 e. The number of carbonyl (C=O) groups is 2. The SMILES string of the molecule is COc1ccc(C(=O)CCCC(=O)NN)cc1. The second-order valence-electron chi connectivity index (χ2n) is 3.57. The molecule has 0 spiro atoms. The minimum absolute atomic E-state index is 0.0116. The molecule has 5 heteroatoms. The first kappa shape index (κ1) is 13.2. The molecule has 1 aromatic carbocycles. The zero-order valence-electron chi connectivity index (χ0n) is 9.73. The van der Waals surface area contributed by atoms with E-state index >= 15 is 0 Å². The third-order valence-corrected chi connectivity index (χ3v) is 2.38. The second kappa shape index (κ2) is 6.65. The largest absolute Gasteiger partial charge is 0.497 e. The molecule has 0 unspecified atom stereocenters. The Bertz CT molecular complexity index is 387. The van der Waals surface area contributed by atoms with Crippen LogP contribution in [0.2, 0.25) is 0 Å². The highest BCUT2D eigenvalue weighted by Gasteiger charge is 2.07. The second-order valence-corrected chi connectivity index (χ2v) is 3.57. The van der Waals surface area contributed by atoms with Crippen molar-refractivity contribution in [3.05, 3.63) is 29.8 Å². The third kappa shape index (κ3) is 4.24. The molecule has 0 aliphatic rings. The summed E-state index contributed by atoms with van der Waals surface area (Å²) in [5, 5.41) is 0. The first-order valence-electron chi connectivity index (χ1n) is 5.34. The molecule has 0 atom stereocenters. The Hall–Kier alpha value is -1.88. The number of hydrogen-bond acceptors (Lipinski definition) is 4. The molecule has 3 N–H and O–H groups in total. The molecule has 5 nitrogen and oxygen atoms in total. The van der Waals surface area contributed by atoms with Crippen molar-refractivity contribution in [3.8, 4) is 5.75 Å². The molecule has 0 bridgehead atoms. The number of rotatable bonds is 6. The fourth-order valence-corrected chi connectivity index (χ4v) is 1.40. The average molecular weight is 236 g/mol. The van der Waals surface area contributed by atoms with Crippen LogP contribution < -0.4 is 16.0 Å². The van der Waals surface area contributed by atoms with Crippen LogP contribution in [-0.2, 0) is 4.79 Å². The Morgan fingerprint density at radius 3 is 2.41 bits per heavy atom. The lowest BCUT2D eigenvalue weighted by Crippen LogP contribution is -2.29. The van der Waals surface area contributed by atoms with Crippen LogP contribution in [0, 0.1) is 0 Å². The van der Waals surface area contributed by atoms with Crippen molar-refractivity contribution >= 4 is 11.7 Å². The molecule has 0 aromatic heterocycles. The van der Waals surface area contributed by atoms with Gasteiger partial charge in [-0.3, -0.25) is 15.0 Å². The third-order valence-electron chi connectivity index (χ3n) is 2.38. The van der Waals surface area contributed by atoms with E-state index in [0.29, 0.717) is 24.2 Å². The lowest BCUT2D eigenvalue weighted by atomic mass is 10.1. The Morgan fingerprint density at radius 1 is 1.24 bits per heavy atom. The van der Waals surface area contributed by atoms with Crippen molar-refractivity contribution in [1.82, 2.24) is 5.43 Å². The number of ether oxygens (including phenoxy) is 1. The smallest absolute Gasteiger partial charge is 0.233 e. The molecule has 0 fully saturated rings. The summed E-state index contributed by atoms with van der Waals surface area (Å²) in [7, 11) is 1.57. The minimum Gasteiger partial charge on any atom is -0.497 e. The molecule has 1 rings (SSSR count). The zero-order valence-corrected chi connectivity index (χ0v) is 9.73. The van der Waals surface area contributed by atoms with Crippen LogP contribution in [-0.4, -0.2) is 18.8 Å². The van der Waals surface area contributed by atoms with Gasteiger partial charge in [0.15, 0.2) is 5.78 Å². The van der Waals surface area contributed by atoms with Crippen LogP contribution in [0.25, 0.3) is 0 Å². The number of carbonyl (C=O) groups excluding carboxylic acids is 2. The average Bonchev–Trinajstić information content (AvgIpc) is 2.38. The van der Waals surface area contributed by atoms with E-state index in [0.717, 1.165) is 0 Å². The first-order valence-corrected chi connectivity index (χ1v) is 5.34. The number of hydrazine groups is 1. The number of amides is 1. The zero-order chi connectivity index (χ0) is 12.7. The van der Waals surface area contributed by atoms with E-state index in [1.54, 1.807) is 31.4 Å². The van der Waals surface area contributed by atoms with Gasteiger partial charge in [-0.15, -0.1) is 0 Å². The Morgan fingerprint density at radius 2 is 1.88 bits per heavy atom. The van der Waals surface area contributed by atoms with E-state index in [9.17, 15) is 9.59 Å². The van der Waals surface area contributed by atoms with Gasteiger partial charge in [0.1, 0.15) is 5.75 Å². The van der Waals surface area contributed by atoms with Crippen LogP contribution in [0.5, 0.6) is 5.75 Å². The maximum atomic E-state index is 11.7. The molecule has 0 aliphatic carbocycles. The van der Waals surface area contributed by atoms with E-state index in [1.165, 1.54) is 0 Å². The van der Waals surface area contributed by atoms with Crippen LogP contribution in [0.1, 0.15) is 29.6 Å². The Labute approximate surface area is 99.9 Å². The van der Waals surface area contributed by atoms with Gasteiger partial charge >= 0.3 is 0 Å². The highest BCUT2D eigenvalue weighted by Crippen LogP contribution is 2.13. The molecule has 17 heavy (non-hydrogen) atoms. The van der Waals surface area contributed by atoms with E-state index in [-0.39, 0.29) is 18.1 Å². The van der Waals surface area contributed by atoms with Gasteiger partial charge < -0.3 is 4.74 Å². The van der Waals surface area contributed by atoms with E-state index in [1.807, 2.05) is 5.43 Å². The van der Waals surface area contributed by atoms with E-state index in [4.69, 9.17) is 10.6 Å². The van der Waals surface area contributed by atoms with Crippen molar-refractivity contribution in [3.63, 3.8) is 0 Å². The van der Waals surface area contributed by atoms with Crippen molar-refractivity contribution in [1.29, 1.82) is 0 Å². The Kier molecular flexibility index (Phi) is 5.16. The number of benzene rings is 1. The summed E-state index contributed by atoms with van der Waals surface area (Å²) in [6.07, 6.45) is 1.09. The Balaban J connectivity index is 2.44. The van der Waals surface area contributed by atoms with Gasteiger partial charge in [-0.05, 0) is 30.7 Å². The molecule has 0 saturated carbocycles. The van der Waals surface area contributed by atoms with Gasteiger partial charge in [0.25, 0.3) is 0 Å². The van der Waals surface area contributed by atoms with Crippen LogP contribution >= 0.6 is 0 Å². The molecule has 0 radical (unpaired) electrons. The highest BCUT2D eigenvalue weighted by molar-refractivity contribution is 5.96. The number of Topliss-reactive ketones (excluding diaryl/α,β-unsaturated/α-hetero) is 1. The predicted molar refractivity (Wildman–Crippen MR) is 63.5 cm³/mol. The topological polar surface area (TPSA) is 81.4 Å². The van der Waals surface area contributed by atoms with Crippen LogP contribution in [0.4, 0.5) is 0 Å². The lowest BCUT2D eigenvalue weighted by molar-refractivity contribution is -0.121. The predicted octanol–water partition coefficient (Wildman–Crippen LogP) is 1.04. The maximum absolute atomic E-state index is 11.7. The summed E-state index contributed by atoms with van der Waals surface area (Å²) in [5.41, 5.74) is 2.65.